The third-order valence-electron chi connectivity index (χ3n) is 10.6. The lowest BCUT2D eigenvalue weighted by Crippen LogP contribution is -2.46. The Morgan fingerprint density at radius 2 is 1.38 bits per heavy atom. The van der Waals surface area contributed by atoms with Gasteiger partial charge in [-0.2, -0.15) is 0 Å². The largest absolute Gasteiger partial charge is 0.479 e. The minimum Gasteiger partial charge on any atom is -0.479 e. The van der Waals surface area contributed by atoms with Gasteiger partial charge in [-0.3, -0.25) is 0 Å². The van der Waals surface area contributed by atoms with Crippen LogP contribution in [0.5, 0.6) is 0 Å². The summed E-state index contributed by atoms with van der Waals surface area (Å²) in [5.41, 5.74) is 3.96. The second-order valence-electron chi connectivity index (χ2n) is 15.1. The fourth-order valence-corrected chi connectivity index (χ4v) is 8.01. The molecular formula is C41H56O6Si. The second kappa shape index (κ2) is 17.4. The number of esters is 1. The number of hydrogen-bond acceptors (Lipinski definition) is 5. The van der Waals surface area contributed by atoms with Gasteiger partial charge < -0.3 is 19.4 Å². The number of aliphatic carboxylic acids is 1. The van der Waals surface area contributed by atoms with Crippen molar-refractivity contribution >= 4 is 20.3 Å². The molecule has 2 unspecified atom stereocenters. The molecule has 1 fully saturated rings. The molecule has 0 saturated heterocycles. The van der Waals surface area contributed by atoms with Crippen molar-refractivity contribution in [3.8, 4) is 11.1 Å². The molecule has 3 aromatic rings. The van der Waals surface area contributed by atoms with Crippen molar-refractivity contribution in [2.24, 2.45) is 11.8 Å². The van der Waals surface area contributed by atoms with E-state index in [-0.39, 0.29) is 28.9 Å². The molecule has 1 aliphatic carbocycles. The first-order chi connectivity index (χ1) is 22.9. The number of carboxylic acids is 1. The minimum atomic E-state index is -2.21. The van der Waals surface area contributed by atoms with Gasteiger partial charge in [0.2, 0.25) is 0 Å². The molecule has 4 rings (SSSR count). The van der Waals surface area contributed by atoms with Crippen LogP contribution in [0.25, 0.3) is 11.1 Å². The van der Waals surface area contributed by atoms with Crippen LogP contribution in [-0.2, 0) is 20.4 Å². The smallest absolute Gasteiger partial charge is 0.338 e. The zero-order valence-corrected chi connectivity index (χ0v) is 30.6. The second-order valence-corrected chi connectivity index (χ2v) is 19.8. The lowest BCUT2D eigenvalue weighted by atomic mass is 9.84. The van der Waals surface area contributed by atoms with E-state index in [1.807, 2.05) is 60.7 Å². The van der Waals surface area contributed by atoms with Gasteiger partial charge in [-0.1, -0.05) is 119 Å². The third kappa shape index (κ3) is 10.6. The van der Waals surface area contributed by atoms with Crippen molar-refractivity contribution < 1.29 is 29.0 Å². The van der Waals surface area contributed by atoms with E-state index in [9.17, 15) is 19.8 Å². The van der Waals surface area contributed by atoms with Gasteiger partial charge in [-0.05, 0) is 85.0 Å². The number of benzene rings is 3. The first-order valence-corrected chi connectivity index (χ1v) is 20.8. The normalized spacial score (nSPS) is 20.4. The number of aliphatic hydroxyl groups excluding tert-OH is 1. The summed E-state index contributed by atoms with van der Waals surface area (Å²) < 4.78 is 12.4. The van der Waals surface area contributed by atoms with Crippen LogP contribution in [0.3, 0.4) is 0 Å². The summed E-state index contributed by atoms with van der Waals surface area (Å²) in [7, 11) is -2.21. The molecular weight excluding hydrogens is 617 g/mol. The molecule has 2 N–H and O–H groups in total. The van der Waals surface area contributed by atoms with E-state index < -0.39 is 26.5 Å². The van der Waals surface area contributed by atoms with E-state index in [2.05, 4.69) is 58.1 Å². The van der Waals surface area contributed by atoms with Gasteiger partial charge in [-0.15, -0.1) is 0 Å². The molecule has 0 amide bonds. The summed E-state index contributed by atoms with van der Waals surface area (Å²) in [6.45, 7) is 10.5. The zero-order chi connectivity index (χ0) is 34.7. The van der Waals surface area contributed by atoms with Crippen LogP contribution in [-0.4, -0.2) is 48.8 Å². The average Bonchev–Trinajstić information content (AvgIpc) is 3.35. The van der Waals surface area contributed by atoms with Gasteiger partial charge in [0, 0.05) is 12.3 Å². The number of carbonyl (C=O) groups is 2. The van der Waals surface area contributed by atoms with Gasteiger partial charge in [0.1, 0.15) is 12.2 Å². The van der Waals surface area contributed by atoms with Crippen LogP contribution in [0, 0.1) is 11.8 Å². The van der Waals surface area contributed by atoms with Crippen molar-refractivity contribution in [3.05, 3.63) is 96.1 Å². The molecule has 0 spiro atoms. The number of hydrogen-bond donors (Lipinski definition) is 2. The Hall–Kier alpha value is -3.26. The Morgan fingerprint density at radius 3 is 2.00 bits per heavy atom. The molecule has 0 bridgehead atoms. The van der Waals surface area contributed by atoms with E-state index in [0.29, 0.717) is 18.4 Å². The highest BCUT2D eigenvalue weighted by atomic mass is 28.4. The molecule has 0 heterocycles. The van der Waals surface area contributed by atoms with E-state index in [0.717, 1.165) is 62.5 Å². The van der Waals surface area contributed by atoms with Crippen molar-refractivity contribution in [2.75, 3.05) is 0 Å². The SMILES string of the molecule is CC(C)(C)[Si](C)(C)OC(CCCCC[C@H]1[C@@H](OC(=O)c2ccc(-c3ccccc3)cc2)CC(O)[C@@H]1CCCCc1ccccc1)C(=O)O. The first-order valence-electron chi connectivity index (χ1n) is 17.8. The zero-order valence-electron chi connectivity index (χ0n) is 29.6. The Bertz CT molecular complexity index is 1420. The monoisotopic (exact) mass is 672 g/mol. The Morgan fingerprint density at radius 1 is 0.792 bits per heavy atom. The maximum atomic E-state index is 13.4. The van der Waals surface area contributed by atoms with Gasteiger partial charge in [0.15, 0.2) is 8.32 Å². The Kier molecular flexibility index (Phi) is 13.6. The van der Waals surface area contributed by atoms with E-state index in [1.165, 1.54) is 5.56 Å². The van der Waals surface area contributed by atoms with Gasteiger partial charge >= 0.3 is 11.9 Å². The number of unbranched alkanes of at least 4 members (excludes halogenated alkanes) is 3. The number of carbonyl (C=O) groups excluding carboxylic acids is 1. The predicted octanol–water partition coefficient (Wildman–Crippen LogP) is 9.71. The molecule has 48 heavy (non-hydrogen) atoms. The first kappa shape index (κ1) is 37.6. The maximum absolute atomic E-state index is 13.4. The van der Waals surface area contributed by atoms with Gasteiger partial charge in [-0.25, -0.2) is 9.59 Å². The lowest BCUT2D eigenvalue weighted by Gasteiger charge is -2.38. The van der Waals surface area contributed by atoms with Crippen molar-refractivity contribution in [1.82, 2.24) is 0 Å². The van der Waals surface area contributed by atoms with Crippen molar-refractivity contribution in [2.45, 2.75) is 121 Å². The topological polar surface area (TPSA) is 93.1 Å². The van der Waals surface area contributed by atoms with E-state index in [1.54, 1.807) is 0 Å². The Balaban J connectivity index is 1.36. The molecule has 6 nitrogen and oxygen atoms in total. The van der Waals surface area contributed by atoms with Crippen LogP contribution in [0.2, 0.25) is 18.1 Å². The van der Waals surface area contributed by atoms with E-state index in [4.69, 9.17) is 9.16 Å². The van der Waals surface area contributed by atoms with Crippen LogP contribution in [0.15, 0.2) is 84.9 Å². The molecule has 7 heteroatoms. The van der Waals surface area contributed by atoms with Crippen LogP contribution in [0.4, 0.5) is 0 Å². The fraction of sp³-hybridized carbons (Fsp3) is 0.512. The molecule has 260 valence electrons. The van der Waals surface area contributed by atoms with Crippen molar-refractivity contribution in [1.29, 1.82) is 0 Å². The van der Waals surface area contributed by atoms with Crippen molar-refractivity contribution in [3.63, 3.8) is 0 Å². The summed E-state index contributed by atoms with van der Waals surface area (Å²) >= 11 is 0. The summed E-state index contributed by atoms with van der Waals surface area (Å²) in [6, 6.07) is 28.1. The highest BCUT2D eigenvalue weighted by Crippen LogP contribution is 2.42. The number of rotatable bonds is 17. The highest BCUT2D eigenvalue weighted by molar-refractivity contribution is 6.74. The fourth-order valence-electron chi connectivity index (χ4n) is 6.73. The molecule has 1 saturated carbocycles. The highest BCUT2D eigenvalue weighted by Gasteiger charge is 2.44. The maximum Gasteiger partial charge on any atom is 0.338 e. The molecule has 1 aliphatic rings. The molecule has 3 aromatic carbocycles. The number of aliphatic hydroxyl groups is 1. The summed E-state index contributed by atoms with van der Waals surface area (Å²) in [5.74, 6) is -1.12. The predicted molar refractivity (Wildman–Crippen MR) is 195 cm³/mol. The Labute approximate surface area is 289 Å². The van der Waals surface area contributed by atoms with Crippen LogP contribution < -0.4 is 0 Å². The number of carboxylic acid groups (broad SMARTS) is 1. The molecule has 5 atom stereocenters. The number of aryl methyl sites for hydroxylation is 1. The molecule has 0 aliphatic heterocycles. The molecule has 0 radical (unpaired) electrons. The van der Waals surface area contributed by atoms with Gasteiger partial charge in [0.25, 0.3) is 0 Å². The number of ether oxygens (including phenoxy) is 1. The summed E-state index contributed by atoms with van der Waals surface area (Å²) in [4.78, 5) is 25.4. The quantitative estimate of drug-likeness (QED) is 0.0843. The average molecular weight is 673 g/mol. The van der Waals surface area contributed by atoms with Crippen LogP contribution >= 0.6 is 0 Å². The van der Waals surface area contributed by atoms with E-state index >= 15 is 0 Å². The third-order valence-corrected chi connectivity index (χ3v) is 15.1. The lowest BCUT2D eigenvalue weighted by molar-refractivity contribution is -0.146. The molecule has 0 aromatic heterocycles. The summed E-state index contributed by atoms with van der Waals surface area (Å²) in [6.07, 6.45) is 6.53. The summed E-state index contributed by atoms with van der Waals surface area (Å²) in [5, 5.41) is 21.1. The standard InChI is InChI=1S/C41H56O6Si/c1-41(2,3)48(4,5)47-37(39(43)44)24-14-8-13-23-35-34(22-16-15-19-30-17-9-6-10-18-30)36(42)29-38(35)46-40(45)33-27-25-32(26-28-33)31-20-11-7-12-21-31/h6-7,9-12,17-18,20-21,25-28,34-38,42H,8,13-16,19,22-24,29H2,1-5H3,(H,43,44)/t34-,35-,36?,37?,38+/m1/s1. The van der Waals surface area contributed by atoms with Gasteiger partial charge in [0.05, 0.1) is 11.7 Å². The van der Waals surface area contributed by atoms with Crippen LogP contribution in [0.1, 0.15) is 94.5 Å². The minimum absolute atomic E-state index is 0.0584.